The molecule has 158 valence electrons. The van der Waals surface area contributed by atoms with Gasteiger partial charge in [0.2, 0.25) is 5.91 Å². The van der Waals surface area contributed by atoms with Crippen molar-refractivity contribution in [2.45, 2.75) is 64.7 Å². The summed E-state index contributed by atoms with van der Waals surface area (Å²) in [5.41, 5.74) is 2.34. The summed E-state index contributed by atoms with van der Waals surface area (Å²) in [6.45, 7) is 8.13. The van der Waals surface area contributed by atoms with Crippen molar-refractivity contribution in [3.05, 3.63) is 41.2 Å². The summed E-state index contributed by atoms with van der Waals surface area (Å²) >= 11 is 1.20. The summed E-state index contributed by atoms with van der Waals surface area (Å²) in [7, 11) is 0. The van der Waals surface area contributed by atoms with E-state index in [9.17, 15) is 9.59 Å². The maximum absolute atomic E-state index is 12.4. The molecule has 0 saturated heterocycles. The normalized spacial score (nSPS) is 12.2. The van der Waals surface area contributed by atoms with E-state index in [-0.39, 0.29) is 24.2 Å². The number of aliphatic carboxylic acids is 1. The number of carboxylic acid groups (broad SMARTS) is 1. The Hall–Kier alpha value is -2.35. The Morgan fingerprint density at radius 1 is 1.17 bits per heavy atom. The first-order valence-electron chi connectivity index (χ1n) is 9.95. The first-order chi connectivity index (χ1) is 13.8. The maximum Gasteiger partial charge on any atom is 0.323 e. The zero-order valence-corrected chi connectivity index (χ0v) is 18.3. The number of benzene rings is 1. The Kier molecular flexibility index (Phi) is 8.70. The summed E-state index contributed by atoms with van der Waals surface area (Å²) < 4.78 is 1.57. The zero-order valence-electron chi connectivity index (χ0n) is 17.5. The first kappa shape index (κ1) is 22.9. The Morgan fingerprint density at radius 2 is 1.86 bits per heavy atom. The number of carbonyl (C=O) groups excluding carboxylic acids is 1. The highest BCUT2D eigenvalue weighted by atomic mass is 32.2. The van der Waals surface area contributed by atoms with Crippen molar-refractivity contribution in [3.63, 3.8) is 0 Å². The molecule has 0 saturated carbocycles. The van der Waals surface area contributed by atoms with Crippen molar-refractivity contribution in [2.24, 2.45) is 5.92 Å². The van der Waals surface area contributed by atoms with Crippen LogP contribution in [-0.4, -0.2) is 37.5 Å². The third-order valence-electron chi connectivity index (χ3n) is 4.39. The van der Waals surface area contributed by atoms with Gasteiger partial charge in [0, 0.05) is 6.42 Å². The van der Waals surface area contributed by atoms with Crippen LogP contribution in [0, 0.1) is 5.92 Å². The zero-order chi connectivity index (χ0) is 21.4. The summed E-state index contributed by atoms with van der Waals surface area (Å²) in [5, 5.41) is 20.7. The lowest BCUT2D eigenvalue weighted by Crippen LogP contribution is -2.28. The molecule has 2 N–H and O–H groups in total. The van der Waals surface area contributed by atoms with E-state index >= 15 is 0 Å². The van der Waals surface area contributed by atoms with Crippen LogP contribution in [-0.2, 0) is 29.0 Å². The van der Waals surface area contributed by atoms with Gasteiger partial charge in [0.1, 0.15) is 12.4 Å². The molecule has 0 spiro atoms. The summed E-state index contributed by atoms with van der Waals surface area (Å²) in [6.07, 6.45) is 2.53. The number of carboxylic acids is 1. The molecule has 0 aliphatic rings. The van der Waals surface area contributed by atoms with Crippen molar-refractivity contribution in [1.29, 1.82) is 0 Å². The number of aromatic nitrogens is 3. The lowest BCUT2D eigenvalue weighted by molar-refractivity contribution is -0.137. The van der Waals surface area contributed by atoms with Gasteiger partial charge >= 0.3 is 5.97 Å². The molecule has 0 aliphatic carbocycles. The minimum atomic E-state index is -0.956. The smallest absolute Gasteiger partial charge is 0.323 e. The van der Waals surface area contributed by atoms with E-state index in [1.165, 1.54) is 17.3 Å². The Balaban J connectivity index is 1.93. The predicted octanol–water partition coefficient (Wildman–Crippen LogP) is 3.48. The van der Waals surface area contributed by atoms with Crippen LogP contribution in [0.25, 0.3) is 0 Å². The van der Waals surface area contributed by atoms with Crippen LogP contribution in [0.5, 0.6) is 0 Å². The Labute approximate surface area is 176 Å². The van der Waals surface area contributed by atoms with Crippen molar-refractivity contribution in [1.82, 2.24) is 20.1 Å². The van der Waals surface area contributed by atoms with Crippen LogP contribution < -0.4 is 5.32 Å². The van der Waals surface area contributed by atoms with E-state index in [1.807, 2.05) is 13.8 Å². The van der Waals surface area contributed by atoms with E-state index < -0.39 is 5.97 Å². The van der Waals surface area contributed by atoms with E-state index in [2.05, 4.69) is 53.6 Å². The number of rotatable bonds is 11. The molecule has 29 heavy (non-hydrogen) atoms. The lowest BCUT2D eigenvalue weighted by Gasteiger charge is -2.15. The number of nitrogens with one attached hydrogen (secondary N) is 1. The average Bonchev–Trinajstić information content (AvgIpc) is 3.01. The molecule has 1 aromatic heterocycles. The average molecular weight is 419 g/mol. The summed E-state index contributed by atoms with van der Waals surface area (Å²) in [6, 6.07) is 8.21. The fourth-order valence-corrected chi connectivity index (χ4v) is 3.81. The van der Waals surface area contributed by atoms with Gasteiger partial charge < -0.3 is 10.4 Å². The molecule has 2 aromatic rings. The highest BCUT2D eigenvalue weighted by molar-refractivity contribution is 7.99. The Bertz CT molecular complexity index is 818. The van der Waals surface area contributed by atoms with E-state index in [0.29, 0.717) is 23.3 Å². The molecule has 0 aliphatic heterocycles. The van der Waals surface area contributed by atoms with E-state index in [0.717, 1.165) is 18.4 Å². The van der Waals surface area contributed by atoms with Crippen molar-refractivity contribution in [2.75, 3.05) is 5.75 Å². The summed E-state index contributed by atoms with van der Waals surface area (Å²) in [4.78, 5) is 23.5. The van der Waals surface area contributed by atoms with Gasteiger partial charge in [-0.2, -0.15) is 0 Å². The number of aryl methyl sites for hydroxylation is 1. The molecule has 1 atom stereocenters. The van der Waals surface area contributed by atoms with Gasteiger partial charge in [0.15, 0.2) is 5.16 Å². The van der Waals surface area contributed by atoms with Crippen molar-refractivity contribution >= 4 is 23.6 Å². The number of nitrogens with zero attached hydrogens (tertiary/aromatic N) is 3. The molecule has 0 bridgehead atoms. The van der Waals surface area contributed by atoms with Crippen LogP contribution >= 0.6 is 11.8 Å². The number of carbonyl (C=O) groups is 2. The maximum atomic E-state index is 12.4. The van der Waals surface area contributed by atoms with E-state index in [4.69, 9.17) is 5.11 Å². The topological polar surface area (TPSA) is 97.1 Å². The quantitative estimate of drug-likeness (QED) is 0.542. The number of hydrogen-bond acceptors (Lipinski definition) is 5. The second-order valence-corrected chi connectivity index (χ2v) is 8.49. The highest BCUT2D eigenvalue weighted by Crippen LogP contribution is 2.19. The van der Waals surface area contributed by atoms with Crippen LogP contribution in [0.2, 0.25) is 0 Å². The van der Waals surface area contributed by atoms with Crippen LogP contribution in [0.3, 0.4) is 0 Å². The minimum absolute atomic E-state index is 0.108. The molecular formula is C21H30N4O3S. The molecule has 8 heteroatoms. The van der Waals surface area contributed by atoms with Gasteiger partial charge in [-0.3, -0.25) is 14.2 Å². The monoisotopic (exact) mass is 418 g/mol. The third-order valence-corrected chi connectivity index (χ3v) is 5.36. The van der Waals surface area contributed by atoms with Gasteiger partial charge in [-0.1, -0.05) is 56.8 Å². The van der Waals surface area contributed by atoms with Crippen LogP contribution in [0.15, 0.2) is 29.4 Å². The van der Waals surface area contributed by atoms with Gasteiger partial charge in [0.05, 0.1) is 11.8 Å². The minimum Gasteiger partial charge on any atom is -0.480 e. The van der Waals surface area contributed by atoms with Crippen LogP contribution in [0.4, 0.5) is 0 Å². The Morgan fingerprint density at radius 3 is 2.45 bits per heavy atom. The molecule has 0 fully saturated rings. The third kappa shape index (κ3) is 7.20. The lowest BCUT2D eigenvalue weighted by atomic mass is 10.00. The molecule has 0 unspecified atom stereocenters. The van der Waals surface area contributed by atoms with Gasteiger partial charge in [-0.15, -0.1) is 10.2 Å². The molecule has 7 nitrogen and oxygen atoms in total. The second kappa shape index (κ2) is 11.0. The largest absolute Gasteiger partial charge is 0.480 e. The van der Waals surface area contributed by atoms with Crippen molar-refractivity contribution < 1.29 is 14.7 Å². The first-order valence-corrected chi connectivity index (χ1v) is 10.9. The van der Waals surface area contributed by atoms with Gasteiger partial charge in [-0.05, 0) is 36.8 Å². The number of amides is 1. The second-order valence-electron chi connectivity index (χ2n) is 7.55. The van der Waals surface area contributed by atoms with Gasteiger partial charge in [-0.25, -0.2) is 0 Å². The van der Waals surface area contributed by atoms with Crippen molar-refractivity contribution in [3.8, 4) is 0 Å². The SMILES string of the molecule is CCCc1nnc(SCC(=O)N[C@@H](C)c2ccc(CC(C)C)cc2)n1CC(=O)O. The van der Waals surface area contributed by atoms with Crippen LogP contribution in [0.1, 0.15) is 57.1 Å². The fourth-order valence-electron chi connectivity index (χ4n) is 3.04. The molecule has 2 rings (SSSR count). The standard InChI is InChI=1S/C21H30N4O3S/c1-5-6-18-23-24-21(25(18)12-20(27)28)29-13-19(26)22-15(4)17-9-7-16(8-10-17)11-14(2)3/h7-10,14-15H,5-6,11-13H2,1-4H3,(H,22,26)(H,27,28)/t15-/m0/s1. The molecule has 1 amide bonds. The molecule has 1 heterocycles. The van der Waals surface area contributed by atoms with Gasteiger partial charge in [0.25, 0.3) is 0 Å². The summed E-state index contributed by atoms with van der Waals surface area (Å²) in [5.74, 6) is 0.307. The molecular weight excluding hydrogens is 388 g/mol. The molecule has 1 aromatic carbocycles. The fraction of sp³-hybridized carbons (Fsp3) is 0.524. The predicted molar refractivity (Wildman–Crippen MR) is 114 cm³/mol. The molecule has 0 radical (unpaired) electrons. The number of hydrogen-bond donors (Lipinski definition) is 2. The highest BCUT2D eigenvalue weighted by Gasteiger charge is 2.17. The number of thioether (sulfide) groups is 1. The van der Waals surface area contributed by atoms with E-state index in [1.54, 1.807) is 4.57 Å².